The number of piperidine rings is 1. The highest BCUT2D eigenvalue weighted by atomic mass is 32.1. The van der Waals surface area contributed by atoms with Crippen LogP contribution in [-0.4, -0.2) is 58.1 Å². The number of halogens is 3. The molecule has 0 amide bonds. The van der Waals surface area contributed by atoms with E-state index in [1.807, 2.05) is 17.9 Å². The Morgan fingerprint density at radius 1 is 1.15 bits per heavy atom. The highest BCUT2D eigenvalue weighted by Crippen LogP contribution is 2.43. The summed E-state index contributed by atoms with van der Waals surface area (Å²) in [6.07, 6.45) is -3.00. The number of aliphatic hydroxyl groups is 1. The van der Waals surface area contributed by atoms with E-state index in [1.54, 1.807) is 36.5 Å². The van der Waals surface area contributed by atoms with E-state index in [9.17, 15) is 27.9 Å². The highest BCUT2D eigenvalue weighted by molar-refractivity contribution is 7.19. The number of rotatable bonds is 6. The highest BCUT2D eigenvalue weighted by Gasteiger charge is 2.58. The normalized spacial score (nSPS) is 22.4. The molecule has 210 valence electrons. The standard InChI is InChI=1S/C28H25F3N2O6S/c1-15-12-16(23-13-18-19(27(29,30)31)4-2-7-22(18)40-23)9-11-33(15)14-24(34)28(38-25(35)26(36)39-28)37-21-6-3-5-20-17(21)8-10-32-20/h2-8,10,13,15-16,24,32,34H,9,11-12,14H2,1H3/t15-,16+,24-/m0/s1. The Kier molecular flexibility index (Phi) is 6.51. The van der Waals surface area contributed by atoms with Gasteiger partial charge in [0, 0.05) is 44.6 Å². The second-order valence-electron chi connectivity index (χ2n) is 10.1. The number of benzene rings is 2. The van der Waals surface area contributed by atoms with E-state index in [-0.39, 0.29) is 29.6 Å². The van der Waals surface area contributed by atoms with Gasteiger partial charge < -0.3 is 24.3 Å². The van der Waals surface area contributed by atoms with Crippen molar-refractivity contribution < 1.29 is 42.1 Å². The fourth-order valence-electron chi connectivity index (χ4n) is 5.52. The van der Waals surface area contributed by atoms with Crippen molar-refractivity contribution in [3.8, 4) is 5.75 Å². The largest absolute Gasteiger partial charge is 0.451 e. The lowest BCUT2D eigenvalue weighted by Gasteiger charge is -2.40. The van der Waals surface area contributed by atoms with Crippen LogP contribution in [0.25, 0.3) is 21.0 Å². The molecule has 12 heteroatoms. The van der Waals surface area contributed by atoms with Crippen LogP contribution in [0.2, 0.25) is 0 Å². The number of hydrogen-bond acceptors (Lipinski definition) is 8. The summed E-state index contributed by atoms with van der Waals surface area (Å²) >= 11 is 1.37. The summed E-state index contributed by atoms with van der Waals surface area (Å²) in [7, 11) is 0. The van der Waals surface area contributed by atoms with E-state index in [4.69, 9.17) is 14.2 Å². The molecule has 2 aromatic carbocycles. The number of aromatic amines is 1. The fraction of sp³-hybridized carbons (Fsp3) is 0.357. The number of ether oxygens (including phenoxy) is 3. The lowest BCUT2D eigenvalue weighted by Crippen LogP contribution is -2.56. The van der Waals surface area contributed by atoms with Crippen LogP contribution < -0.4 is 4.74 Å². The molecule has 2 aliphatic heterocycles. The fourth-order valence-corrected chi connectivity index (χ4v) is 6.76. The van der Waals surface area contributed by atoms with Crippen LogP contribution in [0.3, 0.4) is 0 Å². The summed E-state index contributed by atoms with van der Waals surface area (Å²) in [4.78, 5) is 29.9. The van der Waals surface area contributed by atoms with Crippen molar-refractivity contribution in [1.29, 1.82) is 0 Å². The van der Waals surface area contributed by atoms with Crippen molar-refractivity contribution in [2.75, 3.05) is 13.1 Å². The lowest BCUT2D eigenvalue weighted by atomic mass is 9.89. The minimum absolute atomic E-state index is 0.0395. The van der Waals surface area contributed by atoms with E-state index in [2.05, 4.69) is 4.98 Å². The minimum atomic E-state index is -4.43. The van der Waals surface area contributed by atoms with Crippen LogP contribution in [0, 0.1) is 0 Å². The van der Waals surface area contributed by atoms with Crippen LogP contribution in [0.4, 0.5) is 13.2 Å². The van der Waals surface area contributed by atoms with Gasteiger partial charge in [-0.1, -0.05) is 12.1 Å². The summed E-state index contributed by atoms with van der Waals surface area (Å²) in [6.45, 7) is 2.42. The first-order chi connectivity index (χ1) is 19.0. The van der Waals surface area contributed by atoms with E-state index in [1.165, 1.54) is 17.4 Å². The Bertz CT molecular complexity index is 1580. The maximum atomic E-state index is 13.5. The van der Waals surface area contributed by atoms with Crippen LogP contribution in [0.5, 0.6) is 5.75 Å². The molecule has 8 nitrogen and oxygen atoms in total. The number of thiophene rings is 1. The Morgan fingerprint density at radius 2 is 1.90 bits per heavy atom. The molecule has 2 fully saturated rings. The summed E-state index contributed by atoms with van der Waals surface area (Å²) in [5, 5.41) is 12.1. The molecule has 0 spiro atoms. The van der Waals surface area contributed by atoms with Gasteiger partial charge in [-0.05, 0) is 68.6 Å². The van der Waals surface area contributed by atoms with E-state index in [0.717, 1.165) is 16.5 Å². The number of H-pyrrole nitrogens is 1. The first kappa shape index (κ1) is 26.6. The van der Waals surface area contributed by atoms with Gasteiger partial charge in [-0.3, -0.25) is 4.90 Å². The number of nitrogens with one attached hydrogen (secondary N) is 1. The number of carbonyl (C=O) groups is 2. The summed E-state index contributed by atoms with van der Waals surface area (Å²) in [5.41, 5.74) is 0.0967. The van der Waals surface area contributed by atoms with E-state index < -0.39 is 35.8 Å². The molecule has 2 N–H and O–H groups in total. The smallest absolute Gasteiger partial charge is 0.418 e. The number of nitrogens with zero attached hydrogens (tertiary/aromatic N) is 1. The third-order valence-corrected chi connectivity index (χ3v) is 8.82. The molecule has 4 heterocycles. The van der Waals surface area contributed by atoms with Crippen molar-refractivity contribution in [1.82, 2.24) is 9.88 Å². The average molecular weight is 575 g/mol. The van der Waals surface area contributed by atoms with Crippen molar-refractivity contribution in [3.05, 3.63) is 65.2 Å². The third kappa shape index (κ3) is 4.69. The van der Waals surface area contributed by atoms with E-state index in [0.29, 0.717) is 29.5 Å². The Balaban J connectivity index is 1.19. The molecule has 2 aromatic heterocycles. The molecule has 6 rings (SSSR count). The van der Waals surface area contributed by atoms with Crippen molar-refractivity contribution in [2.24, 2.45) is 0 Å². The molecule has 2 saturated heterocycles. The number of aliphatic hydroxyl groups excluding tert-OH is 1. The van der Waals surface area contributed by atoms with Crippen molar-refractivity contribution in [3.63, 3.8) is 0 Å². The van der Waals surface area contributed by atoms with Crippen molar-refractivity contribution in [2.45, 2.75) is 50.0 Å². The molecule has 0 unspecified atom stereocenters. The number of likely N-dealkylation sites (tertiary alicyclic amines) is 1. The maximum absolute atomic E-state index is 13.5. The summed E-state index contributed by atoms with van der Waals surface area (Å²) in [5.74, 6) is -4.61. The van der Waals surface area contributed by atoms with Gasteiger partial charge in [0.25, 0.3) is 0 Å². The van der Waals surface area contributed by atoms with Gasteiger partial charge in [0.2, 0.25) is 0 Å². The van der Waals surface area contributed by atoms with Gasteiger partial charge in [-0.25, -0.2) is 9.59 Å². The van der Waals surface area contributed by atoms with Gasteiger partial charge in [0.1, 0.15) is 5.75 Å². The molecular formula is C28H25F3N2O6S. The number of fused-ring (bicyclic) bond motifs is 2. The summed E-state index contributed by atoms with van der Waals surface area (Å²) in [6, 6.07) is 12.6. The minimum Gasteiger partial charge on any atom is -0.418 e. The lowest BCUT2D eigenvalue weighted by molar-refractivity contribution is -0.319. The Morgan fingerprint density at radius 3 is 2.62 bits per heavy atom. The molecule has 0 radical (unpaired) electrons. The first-order valence-electron chi connectivity index (χ1n) is 12.8. The van der Waals surface area contributed by atoms with Gasteiger partial charge in [0.15, 0.2) is 6.10 Å². The molecular weight excluding hydrogens is 549 g/mol. The van der Waals surface area contributed by atoms with Crippen LogP contribution >= 0.6 is 11.3 Å². The number of alkyl halides is 3. The van der Waals surface area contributed by atoms with Gasteiger partial charge >= 0.3 is 24.1 Å². The number of aromatic nitrogens is 1. The molecule has 0 saturated carbocycles. The number of cyclic esters (lactones) is 2. The Labute approximate surface area is 230 Å². The molecule has 4 aromatic rings. The predicted molar refractivity (Wildman–Crippen MR) is 140 cm³/mol. The second-order valence-corrected chi connectivity index (χ2v) is 11.2. The second kappa shape index (κ2) is 9.79. The molecule has 3 atom stereocenters. The first-order valence-corrected chi connectivity index (χ1v) is 13.6. The zero-order valence-corrected chi connectivity index (χ0v) is 22.1. The zero-order valence-electron chi connectivity index (χ0n) is 21.2. The molecule has 0 bridgehead atoms. The predicted octanol–water partition coefficient (Wildman–Crippen LogP) is 5.16. The van der Waals surface area contributed by atoms with Gasteiger partial charge in [-0.15, -0.1) is 11.3 Å². The monoisotopic (exact) mass is 574 g/mol. The average Bonchev–Trinajstić information content (AvgIpc) is 3.62. The topological polar surface area (TPSA) is 101 Å². The van der Waals surface area contributed by atoms with Gasteiger partial charge in [0.05, 0.1) is 5.56 Å². The number of β-amino-alcohol motifs (C(OH)–C–C–N with tert-alkyl or cyclic N) is 1. The zero-order chi connectivity index (χ0) is 28.2. The summed E-state index contributed by atoms with van der Waals surface area (Å²) < 4.78 is 57.4. The van der Waals surface area contributed by atoms with Crippen molar-refractivity contribution >= 4 is 44.3 Å². The van der Waals surface area contributed by atoms with Crippen LogP contribution in [0.1, 0.15) is 36.1 Å². The van der Waals surface area contributed by atoms with Crippen LogP contribution in [-0.2, 0) is 25.2 Å². The van der Waals surface area contributed by atoms with Crippen LogP contribution in [0.15, 0.2) is 54.7 Å². The quantitative estimate of drug-likeness (QED) is 0.242. The Hall–Kier alpha value is -3.61. The number of carbonyl (C=O) groups excluding carboxylic acids is 2. The van der Waals surface area contributed by atoms with Gasteiger partial charge in [-0.2, -0.15) is 13.2 Å². The SMILES string of the molecule is C[C@H]1C[C@H](c2cc3c(C(F)(F)F)cccc3s2)CCN1C[C@H](O)C1(Oc2cccc3[nH]ccc23)OC(=O)C(=O)O1. The third-order valence-electron chi connectivity index (χ3n) is 7.56. The van der Waals surface area contributed by atoms with E-state index >= 15 is 0 Å². The number of hydrogen-bond donors (Lipinski definition) is 2. The maximum Gasteiger partial charge on any atom is 0.451 e. The molecule has 40 heavy (non-hydrogen) atoms. The molecule has 2 aliphatic rings. The number of esters is 2. The molecule has 0 aliphatic carbocycles.